The Labute approximate surface area is 109 Å². The number of anilines is 1. The van der Waals surface area contributed by atoms with Gasteiger partial charge in [0.05, 0.1) is 11.1 Å². The Kier molecular flexibility index (Phi) is 2.82. The van der Waals surface area contributed by atoms with Gasteiger partial charge in [-0.2, -0.15) is 0 Å². The van der Waals surface area contributed by atoms with Crippen molar-refractivity contribution in [3.05, 3.63) is 51.2 Å². The van der Waals surface area contributed by atoms with Gasteiger partial charge in [0.25, 0.3) is 0 Å². The molecule has 0 radical (unpaired) electrons. The van der Waals surface area contributed by atoms with Crippen LogP contribution in [-0.2, 0) is 6.42 Å². The van der Waals surface area contributed by atoms with Gasteiger partial charge >= 0.3 is 0 Å². The number of benzene rings is 1. The molecule has 1 aromatic carbocycles. The minimum Gasteiger partial charge on any atom is -0.385 e. The van der Waals surface area contributed by atoms with Gasteiger partial charge in [0.2, 0.25) is 0 Å². The molecule has 0 fully saturated rings. The van der Waals surface area contributed by atoms with Crippen LogP contribution in [0, 0.1) is 0 Å². The van der Waals surface area contributed by atoms with Crippen LogP contribution < -0.4 is 5.32 Å². The number of halogens is 1. The Morgan fingerprint density at radius 1 is 1.41 bits per heavy atom. The van der Waals surface area contributed by atoms with Gasteiger partial charge in [0.15, 0.2) is 0 Å². The van der Waals surface area contributed by atoms with E-state index in [2.05, 4.69) is 11.4 Å². The van der Waals surface area contributed by atoms with Crippen molar-refractivity contribution in [1.82, 2.24) is 0 Å². The summed E-state index contributed by atoms with van der Waals surface area (Å²) >= 11 is 7.38. The maximum atomic E-state index is 10.3. The van der Waals surface area contributed by atoms with E-state index in [0.29, 0.717) is 5.02 Å². The smallest absolute Gasteiger partial charge is 0.109 e. The van der Waals surface area contributed by atoms with E-state index in [-0.39, 0.29) is 6.04 Å². The quantitative estimate of drug-likeness (QED) is 0.871. The summed E-state index contributed by atoms with van der Waals surface area (Å²) in [4.78, 5) is 0.917. The van der Waals surface area contributed by atoms with Crippen LogP contribution in [0.3, 0.4) is 0 Å². The molecule has 4 heteroatoms. The lowest BCUT2D eigenvalue weighted by Crippen LogP contribution is -2.24. The maximum absolute atomic E-state index is 10.3. The average molecular weight is 266 g/mol. The second-order valence-electron chi connectivity index (χ2n) is 4.22. The van der Waals surface area contributed by atoms with Crippen LogP contribution in [0.1, 0.15) is 16.5 Å². The minimum absolute atomic E-state index is 0.0436. The SMILES string of the molecule is OC(c1cc(Cl)cs1)C1Cc2ccccc2N1. The summed E-state index contributed by atoms with van der Waals surface area (Å²) in [5, 5.41) is 16.2. The van der Waals surface area contributed by atoms with Crippen molar-refractivity contribution in [2.24, 2.45) is 0 Å². The molecule has 0 amide bonds. The lowest BCUT2D eigenvalue weighted by molar-refractivity contribution is 0.160. The number of hydrogen-bond acceptors (Lipinski definition) is 3. The zero-order chi connectivity index (χ0) is 11.8. The van der Waals surface area contributed by atoms with Gasteiger partial charge in [-0.3, -0.25) is 0 Å². The van der Waals surface area contributed by atoms with E-state index in [1.165, 1.54) is 16.9 Å². The topological polar surface area (TPSA) is 32.3 Å². The molecular weight excluding hydrogens is 254 g/mol. The third-order valence-electron chi connectivity index (χ3n) is 3.06. The number of aliphatic hydroxyl groups is 1. The Morgan fingerprint density at radius 2 is 2.24 bits per heavy atom. The van der Waals surface area contributed by atoms with E-state index in [1.54, 1.807) is 0 Å². The molecule has 2 atom stereocenters. The van der Waals surface area contributed by atoms with Crippen molar-refractivity contribution in [1.29, 1.82) is 0 Å². The van der Waals surface area contributed by atoms with E-state index in [4.69, 9.17) is 11.6 Å². The molecule has 2 aromatic rings. The highest BCUT2D eigenvalue weighted by molar-refractivity contribution is 7.10. The number of hydrogen-bond donors (Lipinski definition) is 2. The largest absolute Gasteiger partial charge is 0.385 e. The van der Waals surface area contributed by atoms with Gasteiger partial charge in [-0.05, 0) is 24.1 Å². The molecule has 88 valence electrons. The second-order valence-corrected chi connectivity index (χ2v) is 5.60. The molecule has 0 aliphatic carbocycles. The lowest BCUT2D eigenvalue weighted by Gasteiger charge is -2.17. The molecule has 1 aromatic heterocycles. The molecule has 2 N–H and O–H groups in total. The summed E-state index contributed by atoms with van der Waals surface area (Å²) in [5.41, 5.74) is 2.39. The number of fused-ring (bicyclic) bond motifs is 1. The predicted octanol–water partition coefficient (Wildman–Crippen LogP) is 3.47. The van der Waals surface area contributed by atoms with Gasteiger partial charge in [-0.1, -0.05) is 29.8 Å². The average Bonchev–Trinajstić information content (AvgIpc) is 2.93. The van der Waals surface area contributed by atoms with Crippen molar-refractivity contribution in [2.45, 2.75) is 18.6 Å². The van der Waals surface area contributed by atoms with Crippen molar-refractivity contribution >= 4 is 28.6 Å². The Balaban J connectivity index is 1.80. The number of thiophene rings is 1. The Morgan fingerprint density at radius 3 is 2.94 bits per heavy atom. The molecule has 3 rings (SSSR count). The number of rotatable bonds is 2. The Hall–Kier alpha value is -1.03. The highest BCUT2D eigenvalue weighted by atomic mass is 35.5. The summed E-state index contributed by atoms with van der Waals surface area (Å²) in [5.74, 6) is 0. The first-order chi connectivity index (χ1) is 8.24. The number of aliphatic hydroxyl groups excluding tert-OH is 1. The van der Waals surface area contributed by atoms with Gasteiger partial charge in [0, 0.05) is 15.9 Å². The third-order valence-corrected chi connectivity index (χ3v) is 4.41. The summed E-state index contributed by atoms with van der Waals surface area (Å²) in [7, 11) is 0. The lowest BCUT2D eigenvalue weighted by atomic mass is 10.0. The van der Waals surface area contributed by atoms with Gasteiger partial charge in [-0.25, -0.2) is 0 Å². The van der Waals surface area contributed by atoms with E-state index >= 15 is 0 Å². The molecule has 17 heavy (non-hydrogen) atoms. The fourth-order valence-electron chi connectivity index (χ4n) is 2.20. The van der Waals surface area contributed by atoms with Crippen LogP contribution in [-0.4, -0.2) is 11.1 Å². The molecule has 0 saturated carbocycles. The fraction of sp³-hybridized carbons (Fsp3) is 0.231. The molecular formula is C13H12ClNOS. The predicted molar refractivity (Wildman–Crippen MR) is 71.8 cm³/mol. The highest BCUT2D eigenvalue weighted by Crippen LogP contribution is 2.34. The van der Waals surface area contributed by atoms with E-state index in [9.17, 15) is 5.11 Å². The van der Waals surface area contributed by atoms with E-state index in [0.717, 1.165) is 17.0 Å². The van der Waals surface area contributed by atoms with Gasteiger partial charge < -0.3 is 10.4 Å². The minimum atomic E-state index is -0.500. The van der Waals surface area contributed by atoms with Gasteiger partial charge in [0.1, 0.15) is 6.10 Å². The van der Waals surface area contributed by atoms with Crippen LogP contribution in [0.5, 0.6) is 0 Å². The van der Waals surface area contributed by atoms with E-state index < -0.39 is 6.10 Å². The molecule has 1 aliphatic heterocycles. The zero-order valence-electron chi connectivity index (χ0n) is 9.06. The monoisotopic (exact) mass is 265 g/mol. The first-order valence-corrected chi connectivity index (χ1v) is 6.76. The second kappa shape index (κ2) is 4.33. The number of para-hydroxylation sites is 1. The summed E-state index contributed by atoms with van der Waals surface area (Å²) in [6.45, 7) is 0. The zero-order valence-corrected chi connectivity index (χ0v) is 10.6. The first kappa shape index (κ1) is 11.1. The van der Waals surface area contributed by atoms with Crippen LogP contribution in [0.25, 0.3) is 0 Å². The van der Waals surface area contributed by atoms with Crippen molar-refractivity contribution < 1.29 is 5.11 Å². The van der Waals surface area contributed by atoms with Crippen LogP contribution in [0.4, 0.5) is 5.69 Å². The normalized spacial score (nSPS) is 19.8. The fourth-order valence-corrected chi connectivity index (χ4v) is 3.33. The molecule has 0 saturated heterocycles. The highest BCUT2D eigenvalue weighted by Gasteiger charge is 2.28. The van der Waals surface area contributed by atoms with Crippen molar-refractivity contribution in [3.63, 3.8) is 0 Å². The van der Waals surface area contributed by atoms with E-state index in [1.807, 2.05) is 29.6 Å². The molecule has 0 bridgehead atoms. The number of nitrogens with one attached hydrogen (secondary N) is 1. The van der Waals surface area contributed by atoms with Crippen LogP contribution in [0.15, 0.2) is 35.7 Å². The van der Waals surface area contributed by atoms with Crippen molar-refractivity contribution in [2.75, 3.05) is 5.32 Å². The summed E-state index contributed by atoms with van der Waals surface area (Å²) in [6.07, 6.45) is 0.354. The first-order valence-electron chi connectivity index (χ1n) is 5.50. The van der Waals surface area contributed by atoms with Gasteiger partial charge in [-0.15, -0.1) is 11.3 Å². The molecule has 2 nitrogen and oxygen atoms in total. The maximum Gasteiger partial charge on any atom is 0.109 e. The van der Waals surface area contributed by atoms with Crippen molar-refractivity contribution in [3.8, 4) is 0 Å². The molecule has 2 unspecified atom stereocenters. The molecule has 2 heterocycles. The Bertz CT molecular complexity index is 515. The van der Waals surface area contributed by atoms with Crippen LogP contribution in [0.2, 0.25) is 5.02 Å². The molecule has 1 aliphatic rings. The molecule has 0 spiro atoms. The van der Waals surface area contributed by atoms with Crippen LogP contribution >= 0.6 is 22.9 Å². The summed E-state index contributed by atoms with van der Waals surface area (Å²) in [6, 6.07) is 10.0. The third kappa shape index (κ3) is 2.06. The standard InChI is InChI=1S/C13H12ClNOS/c14-9-6-12(17-7-9)13(16)11-5-8-3-1-2-4-10(8)15-11/h1-4,6-7,11,13,15-16H,5H2. The summed E-state index contributed by atoms with van der Waals surface area (Å²) < 4.78 is 0.